The molecule has 0 aromatic heterocycles. The molecule has 0 bridgehead atoms. The van der Waals surface area contributed by atoms with E-state index >= 15 is 0 Å². The van der Waals surface area contributed by atoms with E-state index in [-0.39, 0.29) is 10.9 Å². The maximum atomic E-state index is 12.6. The maximum Gasteiger partial charge on any atom is 0.416 e. The lowest BCUT2D eigenvalue weighted by atomic mass is 9.86. The molecule has 1 aromatic carbocycles. The highest BCUT2D eigenvalue weighted by Crippen LogP contribution is 2.32. The Labute approximate surface area is 138 Å². The Morgan fingerprint density at radius 1 is 1.12 bits per heavy atom. The van der Waals surface area contributed by atoms with Crippen molar-refractivity contribution >= 4 is 16.0 Å². The second kappa shape index (κ2) is 6.72. The van der Waals surface area contributed by atoms with Crippen LogP contribution in [0.4, 0.5) is 13.2 Å². The molecule has 0 heterocycles. The molecule has 1 fully saturated rings. The predicted molar refractivity (Wildman–Crippen MR) is 79.8 cm³/mol. The summed E-state index contributed by atoms with van der Waals surface area (Å²) in [5, 5.41) is 8.97. The minimum atomic E-state index is -4.52. The highest BCUT2D eigenvalue weighted by Gasteiger charge is 2.34. The summed E-state index contributed by atoms with van der Waals surface area (Å²) < 4.78 is 63.9. The second-order valence-corrected chi connectivity index (χ2v) is 7.88. The Hall–Kier alpha value is -1.61. The van der Waals surface area contributed by atoms with Gasteiger partial charge in [0.25, 0.3) is 0 Å². The molecule has 0 unspecified atom stereocenters. The molecule has 0 atom stereocenters. The van der Waals surface area contributed by atoms with Crippen molar-refractivity contribution in [1.29, 1.82) is 0 Å². The molecular formula is C15H18F3NO4S. The van der Waals surface area contributed by atoms with E-state index < -0.39 is 33.7 Å². The Morgan fingerprint density at radius 3 is 2.04 bits per heavy atom. The van der Waals surface area contributed by atoms with Crippen LogP contribution < -0.4 is 0 Å². The third-order valence-corrected chi connectivity index (χ3v) is 6.34. The van der Waals surface area contributed by atoms with Crippen molar-refractivity contribution in [2.45, 2.75) is 42.8 Å². The minimum absolute atomic E-state index is 0.210. The third kappa shape index (κ3) is 3.89. The number of aliphatic carboxylic acids is 1. The SMILES string of the molecule is CN(C1CCC(C(=O)O)CC1)S(=O)(=O)c1ccc(C(F)(F)F)cc1. The van der Waals surface area contributed by atoms with Crippen molar-refractivity contribution < 1.29 is 31.5 Å². The van der Waals surface area contributed by atoms with Crippen molar-refractivity contribution in [2.75, 3.05) is 7.05 Å². The zero-order chi connectivity index (χ0) is 18.1. The molecule has 1 saturated carbocycles. The Balaban J connectivity index is 2.14. The second-order valence-electron chi connectivity index (χ2n) is 5.89. The fourth-order valence-electron chi connectivity index (χ4n) is 2.86. The van der Waals surface area contributed by atoms with Gasteiger partial charge in [0.15, 0.2) is 0 Å². The molecule has 134 valence electrons. The Kier molecular flexibility index (Phi) is 5.24. The van der Waals surface area contributed by atoms with E-state index in [1.807, 2.05) is 0 Å². The quantitative estimate of drug-likeness (QED) is 0.890. The maximum absolute atomic E-state index is 12.6. The standard InChI is InChI=1S/C15H18F3NO4S/c1-19(12-6-2-10(3-7-12)14(20)21)24(22,23)13-8-4-11(5-9-13)15(16,17)18/h4-5,8-10,12H,2-3,6-7H2,1H3,(H,20,21). The zero-order valence-electron chi connectivity index (χ0n) is 13.0. The van der Waals surface area contributed by atoms with Gasteiger partial charge in [-0.15, -0.1) is 0 Å². The summed E-state index contributed by atoms with van der Waals surface area (Å²) in [6.45, 7) is 0. The fraction of sp³-hybridized carbons (Fsp3) is 0.533. The number of alkyl halides is 3. The summed E-state index contributed by atoms with van der Waals surface area (Å²) in [5.41, 5.74) is -0.911. The van der Waals surface area contributed by atoms with Crippen molar-refractivity contribution in [3.8, 4) is 0 Å². The molecule has 0 aliphatic heterocycles. The van der Waals surface area contributed by atoms with E-state index in [4.69, 9.17) is 5.11 Å². The number of nitrogens with zero attached hydrogens (tertiary/aromatic N) is 1. The van der Waals surface area contributed by atoms with E-state index in [9.17, 15) is 26.4 Å². The van der Waals surface area contributed by atoms with Gasteiger partial charge in [-0.1, -0.05) is 0 Å². The highest BCUT2D eigenvalue weighted by atomic mass is 32.2. The summed E-state index contributed by atoms with van der Waals surface area (Å²) >= 11 is 0. The van der Waals surface area contributed by atoms with Crippen LogP contribution >= 0.6 is 0 Å². The first-order valence-electron chi connectivity index (χ1n) is 7.41. The third-order valence-electron chi connectivity index (χ3n) is 4.42. The van der Waals surface area contributed by atoms with Gasteiger partial charge in [0.05, 0.1) is 16.4 Å². The van der Waals surface area contributed by atoms with Gasteiger partial charge in [-0.05, 0) is 49.9 Å². The van der Waals surface area contributed by atoms with Gasteiger partial charge in [-0.2, -0.15) is 17.5 Å². The number of carboxylic acid groups (broad SMARTS) is 1. The van der Waals surface area contributed by atoms with Gasteiger partial charge in [0.1, 0.15) is 0 Å². The molecule has 0 radical (unpaired) electrons. The van der Waals surface area contributed by atoms with Crippen LogP contribution in [0.3, 0.4) is 0 Å². The summed E-state index contributed by atoms with van der Waals surface area (Å²) in [7, 11) is -2.55. The van der Waals surface area contributed by atoms with Crippen LogP contribution in [0.15, 0.2) is 29.2 Å². The van der Waals surface area contributed by atoms with E-state index in [0.29, 0.717) is 25.7 Å². The Morgan fingerprint density at radius 2 is 1.62 bits per heavy atom. The van der Waals surface area contributed by atoms with Gasteiger partial charge in [0.2, 0.25) is 10.0 Å². The van der Waals surface area contributed by atoms with Gasteiger partial charge < -0.3 is 5.11 Å². The van der Waals surface area contributed by atoms with E-state index in [2.05, 4.69) is 0 Å². The van der Waals surface area contributed by atoms with Crippen LogP contribution in [-0.4, -0.2) is 36.9 Å². The number of hydrogen-bond donors (Lipinski definition) is 1. The first-order valence-corrected chi connectivity index (χ1v) is 8.85. The van der Waals surface area contributed by atoms with Gasteiger partial charge >= 0.3 is 12.1 Å². The predicted octanol–water partition coefficient (Wildman–Crippen LogP) is 2.97. The summed E-state index contributed by atoms with van der Waals surface area (Å²) in [4.78, 5) is 10.7. The van der Waals surface area contributed by atoms with E-state index in [1.165, 1.54) is 7.05 Å². The number of sulfonamides is 1. The molecule has 1 aromatic rings. The molecule has 2 rings (SSSR count). The van der Waals surface area contributed by atoms with Crippen molar-refractivity contribution in [3.63, 3.8) is 0 Å². The van der Waals surface area contributed by atoms with Crippen molar-refractivity contribution in [1.82, 2.24) is 4.31 Å². The lowest BCUT2D eigenvalue weighted by molar-refractivity contribution is -0.143. The van der Waals surface area contributed by atoms with Crippen LogP contribution in [0.2, 0.25) is 0 Å². The minimum Gasteiger partial charge on any atom is -0.481 e. The number of carbonyl (C=O) groups is 1. The van der Waals surface area contributed by atoms with Crippen LogP contribution in [0.1, 0.15) is 31.2 Å². The van der Waals surface area contributed by atoms with Crippen LogP contribution in [0.5, 0.6) is 0 Å². The van der Waals surface area contributed by atoms with Crippen molar-refractivity contribution in [2.24, 2.45) is 5.92 Å². The largest absolute Gasteiger partial charge is 0.481 e. The van der Waals surface area contributed by atoms with Crippen molar-refractivity contribution in [3.05, 3.63) is 29.8 Å². The normalized spacial score (nSPS) is 22.5. The topological polar surface area (TPSA) is 74.7 Å². The number of halogens is 3. The lowest BCUT2D eigenvalue weighted by Crippen LogP contribution is -2.40. The van der Waals surface area contributed by atoms with E-state index in [0.717, 1.165) is 28.6 Å². The lowest BCUT2D eigenvalue weighted by Gasteiger charge is -2.32. The first-order chi connectivity index (χ1) is 11.0. The van der Waals surface area contributed by atoms with Crippen LogP contribution in [0, 0.1) is 5.92 Å². The van der Waals surface area contributed by atoms with Gasteiger partial charge in [0, 0.05) is 13.1 Å². The fourth-order valence-corrected chi connectivity index (χ4v) is 4.28. The number of hydrogen-bond acceptors (Lipinski definition) is 3. The molecule has 5 nitrogen and oxygen atoms in total. The molecule has 1 N–H and O–H groups in total. The number of carboxylic acids is 1. The average Bonchev–Trinajstić information content (AvgIpc) is 2.53. The smallest absolute Gasteiger partial charge is 0.416 e. The molecule has 1 aliphatic rings. The number of rotatable bonds is 4. The van der Waals surface area contributed by atoms with Crippen LogP contribution in [0.25, 0.3) is 0 Å². The monoisotopic (exact) mass is 365 g/mol. The molecule has 0 amide bonds. The van der Waals surface area contributed by atoms with Crippen LogP contribution in [-0.2, 0) is 21.0 Å². The van der Waals surface area contributed by atoms with Gasteiger partial charge in [-0.25, -0.2) is 8.42 Å². The summed E-state index contributed by atoms with van der Waals surface area (Å²) in [6.07, 6.45) is -2.94. The Bertz CT molecular complexity index is 692. The molecule has 24 heavy (non-hydrogen) atoms. The first kappa shape index (κ1) is 18.7. The summed E-state index contributed by atoms with van der Waals surface area (Å²) in [6, 6.07) is 3.01. The molecule has 0 spiro atoms. The molecule has 0 saturated heterocycles. The average molecular weight is 365 g/mol. The summed E-state index contributed by atoms with van der Waals surface area (Å²) in [5.74, 6) is -1.36. The van der Waals surface area contributed by atoms with Gasteiger partial charge in [-0.3, -0.25) is 4.79 Å². The molecular weight excluding hydrogens is 347 g/mol. The molecule has 9 heteroatoms. The molecule has 1 aliphatic carbocycles. The number of benzene rings is 1. The van der Waals surface area contributed by atoms with E-state index in [1.54, 1.807) is 0 Å². The zero-order valence-corrected chi connectivity index (χ0v) is 13.8. The highest BCUT2D eigenvalue weighted by molar-refractivity contribution is 7.89.